The van der Waals surface area contributed by atoms with Gasteiger partial charge in [0.15, 0.2) is 0 Å². The van der Waals surface area contributed by atoms with Crippen molar-refractivity contribution < 1.29 is 22.7 Å². The van der Waals surface area contributed by atoms with Crippen molar-refractivity contribution in [3.05, 3.63) is 54.1 Å². The molecule has 0 radical (unpaired) electrons. The zero-order valence-electron chi connectivity index (χ0n) is 14.7. The molecule has 0 unspecified atom stereocenters. The van der Waals surface area contributed by atoms with Crippen molar-refractivity contribution in [3.63, 3.8) is 0 Å². The molecule has 1 amide bonds. The summed E-state index contributed by atoms with van der Waals surface area (Å²) in [6, 6.07) is 13.7. The maximum Gasteiger partial charge on any atom is 0.239 e. The van der Waals surface area contributed by atoms with Crippen LogP contribution in [-0.2, 0) is 20.6 Å². The number of anilines is 1. The Bertz CT molecular complexity index is 852. The average Bonchev–Trinajstić information content (AvgIpc) is 2.62. The number of hydrogen-bond acceptors (Lipinski definition) is 5. The lowest BCUT2D eigenvalue weighted by Gasteiger charge is -2.11. The fourth-order valence-electron chi connectivity index (χ4n) is 2.26. The summed E-state index contributed by atoms with van der Waals surface area (Å²) in [6.07, 6.45) is 0. The summed E-state index contributed by atoms with van der Waals surface area (Å²) < 4.78 is 37.3. The third-order valence-corrected chi connectivity index (χ3v) is 4.70. The number of ether oxygens (including phenoxy) is 2. The SMILES string of the molecule is CCOc1ccccc1CS(=O)(=O)NCC(=O)Nc1cccc(OC)c1. The Morgan fingerprint density at radius 1 is 1.12 bits per heavy atom. The van der Waals surface area contributed by atoms with Gasteiger partial charge in [0, 0.05) is 17.3 Å². The molecule has 0 saturated heterocycles. The quantitative estimate of drug-likeness (QED) is 0.697. The summed E-state index contributed by atoms with van der Waals surface area (Å²) >= 11 is 0. The van der Waals surface area contributed by atoms with Crippen LogP contribution in [0.1, 0.15) is 12.5 Å². The molecular weight excluding hydrogens is 356 g/mol. The van der Waals surface area contributed by atoms with Crippen molar-refractivity contribution >= 4 is 21.6 Å². The standard InChI is InChI=1S/C18H22N2O5S/c1-3-25-17-10-5-4-7-14(17)13-26(22,23)19-12-18(21)20-15-8-6-9-16(11-15)24-2/h4-11,19H,3,12-13H2,1-2H3,(H,20,21). The van der Waals surface area contributed by atoms with E-state index in [1.807, 2.05) is 6.92 Å². The fraction of sp³-hybridized carbons (Fsp3) is 0.278. The number of carbonyl (C=O) groups excluding carboxylic acids is 1. The summed E-state index contributed by atoms with van der Waals surface area (Å²) in [6.45, 7) is 1.90. The Balaban J connectivity index is 1.94. The lowest BCUT2D eigenvalue weighted by molar-refractivity contribution is -0.115. The maximum absolute atomic E-state index is 12.2. The molecule has 0 fully saturated rings. The van der Waals surface area contributed by atoms with Crippen LogP contribution in [0.2, 0.25) is 0 Å². The Morgan fingerprint density at radius 2 is 1.88 bits per heavy atom. The zero-order chi connectivity index (χ0) is 19.0. The van der Waals surface area contributed by atoms with Crippen molar-refractivity contribution in [2.24, 2.45) is 0 Å². The van der Waals surface area contributed by atoms with Crippen LogP contribution in [0.15, 0.2) is 48.5 Å². The van der Waals surface area contributed by atoms with Crippen LogP contribution in [0.4, 0.5) is 5.69 Å². The van der Waals surface area contributed by atoms with Gasteiger partial charge in [-0.2, -0.15) is 0 Å². The van der Waals surface area contributed by atoms with Gasteiger partial charge in [-0.25, -0.2) is 13.1 Å². The Labute approximate surface area is 153 Å². The third-order valence-electron chi connectivity index (χ3n) is 3.42. The highest BCUT2D eigenvalue weighted by Gasteiger charge is 2.16. The van der Waals surface area contributed by atoms with Gasteiger partial charge in [0.1, 0.15) is 11.5 Å². The molecule has 8 heteroatoms. The van der Waals surface area contributed by atoms with Crippen molar-refractivity contribution in [1.82, 2.24) is 4.72 Å². The van der Waals surface area contributed by atoms with E-state index in [9.17, 15) is 13.2 Å². The van der Waals surface area contributed by atoms with E-state index in [-0.39, 0.29) is 12.3 Å². The van der Waals surface area contributed by atoms with Crippen LogP contribution >= 0.6 is 0 Å². The molecule has 0 aliphatic rings. The lowest BCUT2D eigenvalue weighted by Crippen LogP contribution is -2.33. The first-order chi connectivity index (χ1) is 12.4. The molecule has 2 aromatic carbocycles. The average molecular weight is 378 g/mol. The van der Waals surface area contributed by atoms with Gasteiger partial charge in [0.25, 0.3) is 0 Å². The van der Waals surface area contributed by atoms with Gasteiger partial charge < -0.3 is 14.8 Å². The van der Waals surface area contributed by atoms with E-state index < -0.39 is 15.9 Å². The van der Waals surface area contributed by atoms with Gasteiger partial charge in [-0.05, 0) is 25.1 Å². The minimum atomic E-state index is -3.69. The number of methoxy groups -OCH3 is 1. The van der Waals surface area contributed by atoms with Gasteiger partial charge in [0.2, 0.25) is 15.9 Å². The van der Waals surface area contributed by atoms with E-state index >= 15 is 0 Å². The summed E-state index contributed by atoms with van der Waals surface area (Å²) in [5, 5.41) is 2.61. The van der Waals surface area contributed by atoms with Crippen LogP contribution < -0.4 is 19.5 Å². The van der Waals surface area contributed by atoms with Crippen molar-refractivity contribution in [2.45, 2.75) is 12.7 Å². The normalized spacial score (nSPS) is 11.0. The van der Waals surface area contributed by atoms with Crippen molar-refractivity contribution in [1.29, 1.82) is 0 Å². The number of nitrogens with one attached hydrogen (secondary N) is 2. The van der Waals surface area contributed by atoms with Crippen molar-refractivity contribution in [2.75, 3.05) is 25.6 Å². The van der Waals surface area contributed by atoms with E-state index in [1.54, 1.807) is 48.5 Å². The largest absolute Gasteiger partial charge is 0.497 e. The fourth-order valence-corrected chi connectivity index (χ4v) is 3.36. The molecule has 0 aromatic heterocycles. The first-order valence-electron chi connectivity index (χ1n) is 8.05. The molecule has 2 aromatic rings. The Morgan fingerprint density at radius 3 is 2.62 bits per heavy atom. The summed E-state index contributed by atoms with van der Waals surface area (Å²) in [5.41, 5.74) is 1.06. The van der Waals surface area contributed by atoms with E-state index in [4.69, 9.17) is 9.47 Å². The molecule has 0 heterocycles. The molecule has 0 aliphatic heterocycles. The number of hydrogen-bond donors (Lipinski definition) is 2. The molecule has 0 bridgehead atoms. The van der Waals surface area contributed by atoms with Gasteiger partial charge >= 0.3 is 0 Å². The first-order valence-corrected chi connectivity index (χ1v) is 9.70. The topological polar surface area (TPSA) is 93.7 Å². The number of amides is 1. The molecule has 2 N–H and O–H groups in total. The molecule has 26 heavy (non-hydrogen) atoms. The minimum Gasteiger partial charge on any atom is -0.497 e. The van der Waals surface area contributed by atoms with E-state index in [0.29, 0.717) is 29.4 Å². The molecular formula is C18H22N2O5S. The molecule has 7 nitrogen and oxygen atoms in total. The maximum atomic E-state index is 12.2. The van der Waals surface area contributed by atoms with Gasteiger partial charge in [0.05, 0.1) is 26.0 Å². The van der Waals surface area contributed by atoms with E-state index in [2.05, 4.69) is 10.0 Å². The number of sulfonamides is 1. The van der Waals surface area contributed by atoms with Crippen LogP contribution in [0.25, 0.3) is 0 Å². The second-order valence-corrected chi connectivity index (χ2v) is 7.21. The van der Waals surface area contributed by atoms with Gasteiger partial charge in [-0.1, -0.05) is 24.3 Å². The second-order valence-electron chi connectivity index (χ2n) is 5.40. The van der Waals surface area contributed by atoms with E-state index in [0.717, 1.165) is 0 Å². The highest BCUT2D eigenvalue weighted by Crippen LogP contribution is 2.20. The number of carbonyl (C=O) groups is 1. The van der Waals surface area contributed by atoms with Crippen molar-refractivity contribution in [3.8, 4) is 11.5 Å². The first kappa shape index (κ1) is 19.7. The zero-order valence-corrected chi connectivity index (χ0v) is 15.5. The van der Waals surface area contributed by atoms with Crippen LogP contribution in [0.3, 0.4) is 0 Å². The molecule has 0 atom stereocenters. The van der Waals surface area contributed by atoms with Gasteiger partial charge in [-0.15, -0.1) is 0 Å². The van der Waals surface area contributed by atoms with Crippen LogP contribution in [0, 0.1) is 0 Å². The molecule has 0 aliphatic carbocycles. The molecule has 140 valence electrons. The molecule has 2 rings (SSSR count). The monoisotopic (exact) mass is 378 g/mol. The summed E-state index contributed by atoms with van der Waals surface area (Å²) in [5.74, 6) is 0.368. The van der Waals surface area contributed by atoms with E-state index in [1.165, 1.54) is 7.11 Å². The molecule has 0 saturated carbocycles. The Kier molecular flexibility index (Phi) is 6.99. The molecule has 0 spiro atoms. The summed E-state index contributed by atoms with van der Waals surface area (Å²) in [7, 11) is -2.17. The number of rotatable bonds is 9. The van der Waals surface area contributed by atoms with Gasteiger partial charge in [-0.3, -0.25) is 4.79 Å². The lowest BCUT2D eigenvalue weighted by atomic mass is 10.2. The highest BCUT2D eigenvalue weighted by atomic mass is 32.2. The summed E-state index contributed by atoms with van der Waals surface area (Å²) in [4.78, 5) is 12.0. The second kappa shape index (κ2) is 9.21. The highest BCUT2D eigenvalue weighted by molar-refractivity contribution is 7.88. The smallest absolute Gasteiger partial charge is 0.239 e. The number of benzene rings is 2. The predicted molar refractivity (Wildman–Crippen MR) is 99.9 cm³/mol. The van der Waals surface area contributed by atoms with Crippen LogP contribution in [0.5, 0.6) is 11.5 Å². The van der Waals surface area contributed by atoms with Crippen LogP contribution in [-0.4, -0.2) is 34.6 Å². The number of para-hydroxylation sites is 1. The minimum absolute atomic E-state index is 0.268. The predicted octanol–water partition coefficient (Wildman–Crippen LogP) is 2.15. The third kappa shape index (κ3) is 6.05. The Hall–Kier alpha value is -2.58.